The first-order valence-corrected chi connectivity index (χ1v) is 6.63. The van der Waals surface area contributed by atoms with Crippen LogP contribution < -0.4 is 0 Å². The highest BCUT2D eigenvalue weighted by Gasteiger charge is 2.18. The molecule has 0 N–H and O–H groups in total. The molecule has 0 aliphatic carbocycles. The first-order valence-electron chi connectivity index (χ1n) is 6.10. The first kappa shape index (κ1) is 13.0. The fraction of sp³-hybridized carbons (Fsp3) is 0.357. The predicted octanol–water partition coefficient (Wildman–Crippen LogP) is 3.52. The molecular formula is C14H16ClNO2. The molecule has 18 heavy (non-hydrogen) atoms. The number of amides is 1. The van der Waals surface area contributed by atoms with E-state index in [1.807, 2.05) is 31.2 Å². The number of para-hydroxylation sites is 1. The van der Waals surface area contributed by atoms with Crippen LogP contribution in [-0.4, -0.2) is 29.8 Å². The summed E-state index contributed by atoms with van der Waals surface area (Å²) in [7, 11) is 0. The summed E-state index contributed by atoms with van der Waals surface area (Å²) in [6, 6.07) is 9.39. The fourth-order valence-electron chi connectivity index (χ4n) is 1.93. The van der Waals surface area contributed by atoms with Crippen LogP contribution in [0.1, 0.15) is 23.9 Å². The smallest absolute Gasteiger partial charge is 0.289 e. The Labute approximate surface area is 111 Å². The molecule has 1 amide bonds. The van der Waals surface area contributed by atoms with E-state index >= 15 is 0 Å². The number of fused-ring (bicyclic) bond motifs is 1. The van der Waals surface area contributed by atoms with Crippen molar-refractivity contribution >= 4 is 28.5 Å². The molecule has 0 spiro atoms. The standard InChI is InChI=1S/C14H16ClNO2/c1-2-8-16(9-7-15)14(17)13-10-11-5-3-4-6-12(11)18-13/h3-6,10H,2,7-9H2,1H3. The van der Waals surface area contributed by atoms with Crippen molar-refractivity contribution in [1.29, 1.82) is 0 Å². The van der Waals surface area contributed by atoms with E-state index in [2.05, 4.69) is 0 Å². The quantitative estimate of drug-likeness (QED) is 0.775. The maximum Gasteiger partial charge on any atom is 0.289 e. The Bertz CT molecular complexity index is 496. The van der Waals surface area contributed by atoms with Gasteiger partial charge in [0.15, 0.2) is 5.76 Å². The zero-order valence-electron chi connectivity index (χ0n) is 10.4. The van der Waals surface area contributed by atoms with Crippen LogP contribution in [0.15, 0.2) is 34.7 Å². The summed E-state index contributed by atoms with van der Waals surface area (Å²) in [4.78, 5) is 14.0. The number of furan rings is 1. The number of hydrogen-bond donors (Lipinski definition) is 0. The number of benzene rings is 1. The minimum Gasteiger partial charge on any atom is -0.451 e. The van der Waals surface area contributed by atoms with Crippen molar-refractivity contribution < 1.29 is 9.21 Å². The topological polar surface area (TPSA) is 33.5 Å². The molecule has 0 saturated heterocycles. The van der Waals surface area contributed by atoms with Gasteiger partial charge in [-0.25, -0.2) is 0 Å². The lowest BCUT2D eigenvalue weighted by Gasteiger charge is -2.19. The molecule has 4 heteroatoms. The lowest BCUT2D eigenvalue weighted by atomic mass is 10.2. The van der Waals surface area contributed by atoms with Crippen molar-refractivity contribution in [2.75, 3.05) is 19.0 Å². The van der Waals surface area contributed by atoms with E-state index in [1.165, 1.54) is 0 Å². The van der Waals surface area contributed by atoms with Crippen LogP contribution in [0.4, 0.5) is 0 Å². The van der Waals surface area contributed by atoms with Crippen LogP contribution in [0, 0.1) is 0 Å². The number of halogens is 1. The van der Waals surface area contributed by atoms with E-state index < -0.39 is 0 Å². The Hall–Kier alpha value is -1.48. The molecule has 0 unspecified atom stereocenters. The van der Waals surface area contributed by atoms with Gasteiger partial charge in [0.1, 0.15) is 5.58 Å². The Balaban J connectivity index is 2.25. The maximum atomic E-state index is 12.3. The molecule has 0 atom stereocenters. The van der Waals surface area contributed by atoms with Crippen molar-refractivity contribution in [1.82, 2.24) is 4.90 Å². The number of rotatable bonds is 5. The predicted molar refractivity (Wildman–Crippen MR) is 73.1 cm³/mol. The highest BCUT2D eigenvalue weighted by molar-refractivity contribution is 6.18. The van der Waals surface area contributed by atoms with Gasteiger partial charge in [-0.3, -0.25) is 4.79 Å². The van der Waals surface area contributed by atoms with Crippen LogP contribution in [0.2, 0.25) is 0 Å². The zero-order chi connectivity index (χ0) is 13.0. The van der Waals surface area contributed by atoms with Crippen LogP contribution >= 0.6 is 11.6 Å². The number of alkyl halides is 1. The lowest BCUT2D eigenvalue weighted by Crippen LogP contribution is -2.33. The maximum absolute atomic E-state index is 12.3. The van der Waals surface area contributed by atoms with Crippen LogP contribution in [0.25, 0.3) is 11.0 Å². The van der Waals surface area contributed by atoms with Gasteiger partial charge in [0.2, 0.25) is 0 Å². The van der Waals surface area contributed by atoms with E-state index in [1.54, 1.807) is 11.0 Å². The molecule has 2 aromatic rings. The molecule has 0 bridgehead atoms. The summed E-state index contributed by atoms with van der Waals surface area (Å²) in [5, 5.41) is 0.947. The average Bonchev–Trinajstić information content (AvgIpc) is 2.81. The number of carbonyl (C=O) groups is 1. The first-order chi connectivity index (χ1) is 8.76. The van der Waals surface area contributed by atoms with E-state index in [0.717, 1.165) is 17.4 Å². The second-order valence-corrected chi connectivity index (χ2v) is 4.51. The molecule has 96 valence electrons. The third-order valence-electron chi connectivity index (χ3n) is 2.77. The highest BCUT2D eigenvalue weighted by atomic mass is 35.5. The summed E-state index contributed by atoms with van der Waals surface area (Å²) in [6.45, 7) is 3.28. The number of carbonyl (C=O) groups excluding carboxylic acids is 1. The summed E-state index contributed by atoms with van der Waals surface area (Å²) in [5.74, 6) is 0.731. The Morgan fingerprint density at radius 2 is 2.11 bits per heavy atom. The van der Waals surface area contributed by atoms with Gasteiger partial charge >= 0.3 is 0 Å². The van der Waals surface area contributed by atoms with Gasteiger partial charge in [-0.05, 0) is 18.6 Å². The third-order valence-corrected chi connectivity index (χ3v) is 2.94. The lowest BCUT2D eigenvalue weighted by molar-refractivity contribution is 0.0736. The normalized spacial score (nSPS) is 10.8. The summed E-state index contributed by atoms with van der Waals surface area (Å²) in [6.07, 6.45) is 0.906. The molecule has 1 aromatic heterocycles. The molecule has 2 rings (SSSR count). The van der Waals surface area contributed by atoms with Gasteiger partial charge in [0, 0.05) is 24.4 Å². The van der Waals surface area contributed by atoms with Gasteiger partial charge in [-0.2, -0.15) is 0 Å². The Kier molecular flexibility index (Phi) is 4.26. The Morgan fingerprint density at radius 1 is 1.33 bits per heavy atom. The molecule has 1 heterocycles. The largest absolute Gasteiger partial charge is 0.451 e. The van der Waals surface area contributed by atoms with Crippen molar-refractivity contribution in [3.05, 3.63) is 36.1 Å². The van der Waals surface area contributed by atoms with Crippen molar-refractivity contribution in [3.63, 3.8) is 0 Å². The van der Waals surface area contributed by atoms with E-state index in [-0.39, 0.29) is 5.91 Å². The van der Waals surface area contributed by atoms with Crippen molar-refractivity contribution in [3.8, 4) is 0 Å². The van der Waals surface area contributed by atoms with Crippen LogP contribution in [-0.2, 0) is 0 Å². The third kappa shape index (κ3) is 2.67. The van der Waals surface area contributed by atoms with E-state index in [9.17, 15) is 4.79 Å². The summed E-state index contributed by atoms with van der Waals surface area (Å²) < 4.78 is 5.57. The van der Waals surface area contributed by atoms with Gasteiger partial charge < -0.3 is 9.32 Å². The average molecular weight is 266 g/mol. The monoisotopic (exact) mass is 265 g/mol. The zero-order valence-corrected chi connectivity index (χ0v) is 11.1. The molecule has 0 fully saturated rings. The summed E-state index contributed by atoms with van der Waals surface area (Å²) in [5.41, 5.74) is 0.739. The molecule has 0 aliphatic rings. The molecule has 0 aliphatic heterocycles. The molecule has 0 radical (unpaired) electrons. The number of nitrogens with zero attached hydrogens (tertiary/aromatic N) is 1. The molecular weight excluding hydrogens is 250 g/mol. The second-order valence-electron chi connectivity index (χ2n) is 4.13. The summed E-state index contributed by atoms with van der Waals surface area (Å²) >= 11 is 5.72. The van der Waals surface area contributed by atoms with Crippen molar-refractivity contribution in [2.24, 2.45) is 0 Å². The van der Waals surface area contributed by atoms with Crippen LogP contribution in [0.3, 0.4) is 0 Å². The van der Waals surface area contributed by atoms with Crippen molar-refractivity contribution in [2.45, 2.75) is 13.3 Å². The van der Waals surface area contributed by atoms with E-state index in [0.29, 0.717) is 24.7 Å². The van der Waals surface area contributed by atoms with Gasteiger partial charge in [-0.15, -0.1) is 11.6 Å². The minimum absolute atomic E-state index is 0.0892. The van der Waals surface area contributed by atoms with E-state index in [4.69, 9.17) is 16.0 Å². The molecule has 1 aromatic carbocycles. The Morgan fingerprint density at radius 3 is 2.78 bits per heavy atom. The van der Waals surface area contributed by atoms with Gasteiger partial charge in [-0.1, -0.05) is 25.1 Å². The second kappa shape index (κ2) is 5.91. The van der Waals surface area contributed by atoms with Gasteiger partial charge in [0.05, 0.1) is 0 Å². The van der Waals surface area contributed by atoms with Gasteiger partial charge in [0.25, 0.3) is 5.91 Å². The van der Waals surface area contributed by atoms with Crippen LogP contribution in [0.5, 0.6) is 0 Å². The highest BCUT2D eigenvalue weighted by Crippen LogP contribution is 2.20. The SMILES string of the molecule is CCCN(CCCl)C(=O)c1cc2ccccc2o1. The minimum atomic E-state index is -0.0892. The number of hydrogen-bond acceptors (Lipinski definition) is 2. The molecule has 3 nitrogen and oxygen atoms in total. The molecule has 0 saturated carbocycles. The fourth-order valence-corrected chi connectivity index (χ4v) is 2.13.